The highest BCUT2D eigenvalue weighted by molar-refractivity contribution is 6.05. The Labute approximate surface area is 179 Å². The van der Waals surface area contributed by atoms with Gasteiger partial charge in [-0.1, -0.05) is 18.2 Å². The average Bonchev–Trinajstić information content (AvgIpc) is 3.55. The summed E-state index contributed by atoms with van der Waals surface area (Å²) in [7, 11) is 0. The number of furan rings is 1. The lowest BCUT2D eigenvalue weighted by Gasteiger charge is -2.17. The molecular formula is C25H22N2O4. The van der Waals surface area contributed by atoms with Crippen LogP contribution in [0.4, 0.5) is 11.4 Å². The molecule has 2 amide bonds. The van der Waals surface area contributed by atoms with Gasteiger partial charge in [-0.15, -0.1) is 0 Å². The van der Waals surface area contributed by atoms with Crippen molar-refractivity contribution < 1.29 is 18.7 Å². The fraction of sp³-hybridized carbons (Fsp3) is 0.280. The highest BCUT2D eigenvalue weighted by atomic mass is 16.5. The second-order valence-electron chi connectivity index (χ2n) is 8.67. The van der Waals surface area contributed by atoms with E-state index in [4.69, 9.17) is 9.15 Å². The van der Waals surface area contributed by atoms with Crippen LogP contribution in [0.1, 0.15) is 34.5 Å². The number of rotatable bonds is 4. The molecule has 2 aliphatic carbocycles. The summed E-state index contributed by atoms with van der Waals surface area (Å²) in [5.74, 6) is 0.954. The Bertz CT molecular complexity index is 1240. The Kier molecular flexibility index (Phi) is 4.21. The summed E-state index contributed by atoms with van der Waals surface area (Å²) >= 11 is 0. The zero-order valence-corrected chi connectivity index (χ0v) is 16.9. The molecule has 31 heavy (non-hydrogen) atoms. The van der Waals surface area contributed by atoms with Gasteiger partial charge < -0.3 is 19.8 Å². The van der Waals surface area contributed by atoms with E-state index in [9.17, 15) is 9.59 Å². The number of fused-ring (bicyclic) bond motifs is 4. The molecule has 3 atom stereocenters. The van der Waals surface area contributed by atoms with Crippen LogP contribution in [0, 0.1) is 17.8 Å². The molecule has 1 aliphatic heterocycles. The Morgan fingerprint density at radius 3 is 2.55 bits per heavy atom. The summed E-state index contributed by atoms with van der Waals surface area (Å²) in [4.78, 5) is 25.4. The van der Waals surface area contributed by atoms with Gasteiger partial charge in [-0.2, -0.15) is 0 Å². The fourth-order valence-electron chi connectivity index (χ4n) is 4.99. The van der Waals surface area contributed by atoms with Crippen molar-refractivity contribution >= 4 is 34.2 Å². The van der Waals surface area contributed by atoms with E-state index in [1.165, 1.54) is 0 Å². The zero-order valence-electron chi connectivity index (χ0n) is 16.9. The van der Waals surface area contributed by atoms with Crippen LogP contribution in [-0.4, -0.2) is 11.8 Å². The van der Waals surface area contributed by atoms with Gasteiger partial charge in [0.15, 0.2) is 5.76 Å². The van der Waals surface area contributed by atoms with E-state index in [0.29, 0.717) is 36.3 Å². The molecule has 2 N–H and O–H groups in total. The molecular weight excluding hydrogens is 392 g/mol. The number of hydrogen-bond acceptors (Lipinski definition) is 4. The molecule has 1 fully saturated rings. The first-order valence-electron chi connectivity index (χ1n) is 10.7. The van der Waals surface area contributed by atoms with E-state index in [2.05, 4.69) is 22.8 Å². The maximum Gasteiger partial charge on any atom is 0.291 e. The monoisotopic (exact) mass is 414 g/mol. The number of nitrogens with one attached hydrogen (secondary N) is 2. The predicted octanol–water partition coefficient (Wildman–Crippen LogP) is 4.87. The summed E-state index contributed by atoms with van der Waals surface area (Å²) in [6.45, 7) is 1.18. The van der Waals surface area contributed by atoms with Gasteiger partial charge in [-0.3, -0.25) is 9.59 Å². The minimum Gasteiger partial charge on any atom is -0.451 e. The van der Waals surface area contributed by atoms with Gasteiger partial charge in [0.1, 0.15) is 5.58 Å². The van der Waals surface area contributed by atoms with Crippen LogP contribution >= 0.6 is 0 Å². The summed E-state index contributed by atoms with van der Waals surface area (Å²) in [5, 5.41) is 6.70. The van der Waals surface area contributed by atoms with Gasteiger partial charge in [0, 0.05) is 22.7 Å². The summed E-state index contributed by atoms with van der Waals surface area (Å²) < 4.78 is 11.2. The van der Waals surface area contributed by atoms with Crippen LogP contribution in [0.2, 0.25) is 0 Å². The molecule has 1 aromatic heterocycles. The highest BCUT2D eigenvalue weighted by Crippen LogP contribution is 2.43. The maximum absolute atomic E-state index is 12.7. The molecule has 6 heteroatoms. The Balaban J connectivity index is 1.17. The van der Waals surface area contributed by atoms with Crippen molar-refractivity contribution in [2.45, 2.75) is 26.1 Å². The summed E-state index contributed by atoms with van der Waals surface area (Å²) in [6.07, 6.45) is 6.43. The second kappa shape index (κ2) is 7.10. The number of anilines is 2. The number of amides is 2. The summed E-state index contributed by atoms with van der Waals surface area (Å²) in [5.41, 5.74) is 4.28. The maximum atomic E-state index is 12.7. The molecule has 2 heterocycles. The Morgan fingerprint density at radius 1 is 0.871 bits per heavy atom. The number of allylic oxidation sites excluding steroid dienone is 2. The topological polar surface area (TPSA) is 80.6 Å². The molecule has 1 saturated carbocycles. The number of benzene rings is 2. The molecule has 156 valence electrons. The first kappa shape index (κ1) is 18.4. The predicted molar refractivity (Wildman–Crippen MR) is 117 cm³/mol. The molecule has 6 nitrogen and oxygen atoms in total. The second-order valence-corrected chi connectivity index (χ2v) is 8.67. The van der Waals surface area contributed by atoms with E-state index in [1.807, 2.05) is 30.3 Å². The van der Waals surface area contributed by atoms with Crippen LogP contribution in [0.25, 0.3) is 11.0 Å². The van der Waals surface area contributed by atoms with Crippen LogP contribution in [-0.2, 0) is 22.7 Å². The van der Waals surface area contributed by atoms with Gasteiger partial charge in [0.05, 0.1) is 13.2 Å². The highest BCUT2D eigenvalue weighted by Gasteiger charge is 2.39. The van der Waals surface area contributed by atoms with Crippen LogP contribution in [0.5, 0.6) is 0 Å². The lowest BCUT2D eigenvalue weighted by molar-refractivity contribution is -0.120. The van der Waals surface area contributed by atoms with E-state index in [1.54, 1.807) is 12.1 Å². The van der Waals surface area contributed by atoms with Gasteiger partial charge in [0.25, 0.3) is 5.91 Å². The molecule has 6 rings (SSSR count). The smallest absolute Gasteiger partial charge is 0.291 e. The third-order valence-electron chi connectivity index (χ3n) is 6.60. The van der Waals surface area contributed by atoms with Gasteiger partial charge in [-0.05, 0) is 72.2 Å². The van der Waals surface area contributed by atoms with E-state index >= 15 is 0 Å². The van der Waals surface area contributed by atoms with Crippen molar-refractivity contribution in [2.75, 3.05) is 10.6 Å². The number of hydrogen-bond donors (Lipinski definition) is 2. The van der Waals surface area contributed by atoms with Crippen LogP contribution in [0.15, 0.2) is 59.0 Å². The molecule has 2 bridgehead atoms. The minimum atomic E-state index is -0.311. The van der Waals surface area contributed by atoms with Crippen molar-refractivity contribution in [3.8, 4) is 0 Å². The van der Waals surface area contributed by atoms with Crippen molar-refractivity contribution in [1.29, 1.82) is 0 Å². The Morgan fingerprint density at radius 2 is 1.71 bits per heavy atom. The summed E-state index contributed by atoms with van der Waals surface area (Å²) in [6, 6.07) is 12.9. The Hall–Kier alpha value is -3.38. The van der Waals surface area contributed by atoms with E-state index in [-0.39, 0.29) is 23.5 Å². The molecule has 0 unspecified atom stereocenters. The molecule has 3 aromatic rings. The van der Waals surface area contributed by atoms with Crippen molar-refractivity contribution in [3.05, 3.63) is 71.5 Å². The van der Waals surface area contributed by atoms with E-state index < -0.39 is 0 Å². The third kappa shape index (κ3) is 3.33. The molecule has 0 radical (unpaired) electrons. The quantitative estimate of drug-likeness (QED) is 0.597. The van der Waals surface area contributed by atoms with Crippen molar-refractivity contribution in [2.24, 2.45) is 17.8 Å². The van der Waals surface area contributed by atoms with Crippen molar-refractivity contribution in [3.63, 3.8) is 0 Å². The zero-order chi connectivity index (χ0) is 20.9. The normalized spacial score (nSPS) is 23.3. The van der Waals surface area contributed by atoms with E-state index in [0.717, 1.165) is 35.0 Å². The molecule has 3 aliphatic rings. The molecule has 0 spiro atoms. The van der Waals surface area contributed by atoms with Gasteiger partial charge in [0.2, 0.25) is 5.91 Å². The fourth-order valence-corrected chi connectivity index (χ4v) is 4.99. The lowest BCUT2D eigenvalue weighted by atomic mass is 9.93. The largest absolute Gasteiger partial charge is 0.451 e. The number of carbonyl (C=O) groups is 2. The van der Waals surface area contributed by atoms with Crippen molar-refractivity contribution in [1.82, 2.24) is 0 Å². The van der Waals surface area contributed by atoms with Gasteiger partial charge in [-0.25, -0.2) is 0 Å². The third-order valence-corrected chi connectivity index (χ3v) is 6.60. The standard InChI is InChI=1S/C25H22N2O4/c28-24(21-8-14-1-2-15(21)7-14)26-20-5-6-22-17(9-20)11-23(31-22)25(29)27-19-4-3-16-12-30-13-18(16)10-19/h1-6,9-11,14-15,21H,7-8,12-13H2,(H,26,28)(H,27,29)/t14-,15+,21-/m1/s1. The first-order valence-corrected chi connectivity index (χ1v) is 10.7. The molecule has 2 aromatic carbocycles. The van der Waals surface area contributed by atoms with Crippen LogP contribution < -0.4 is 10.6 Å². The average molecular weight is 414 g/mol. The minimum absolute atomic E-state index is 0.0501. The SMILES string of the molecule is O=C(Nc1ccc2c(c1)COC2)c1cc2cc(NC(=O)[C@@H]3C[C@@H]4C=C[C@H]3C4)ccc2o1. The first-order chi connectivity index (χ1) is 15.1. The molecule has 0 saturated heterocycles. The number of carbonyl (C=O) groups excluding carboxylic acids is 2. The van der Waals surface area contributed by atoms with Gasteiger partial charge >= 0.3 is 0 Å². The lowest BCUT2D eigenvalue weighted by Crippen LogP contribution is -2.25. The van der Waals surface area contributed by atoms with Crippen LogP contribution in [0.3, 0.4) is 0 Å². The number of ether oxygens (including phenoxy) is 1.